The third kappa shape index (κ3) is 2.93. The molecule has 0 spiro atoms. The van der Waals surface area contributed by atoms with E-state index in [4.69, 9.17) is 4.42 Å². The van der Waals surface area contributed by atoms with Crippen LogP contribution in [0.4, 0.5) is 4.39 Å². The van der Waals surface area contributed by atoms with E-state index in [-0.39, 0.29) is 24.2 Å². The number of hydrogen-bond donors (Lipinski definition) is 2. The average Bonchev–Trinajstić information content (AvgIpc) is 2.79. The van der Waals surface area contributed by atoms with Gasteiger partial charge in [0.2, 0.25) is 5.91 Å². The molecule has 2 N–H and O–H groups in total. The summed E-state index contributed by atoms with van der Waals surface area (Å²) in [5.74, 6) is 0.0552. The van der Waals surface area contributed by atoms with E-state index in [1.165, 1.54) is 12.1 Å². The Morgan fingerprint density at radius 1 is 1.48 bits per heavy atom. The zero-order valence-electron chi connectivity index (χ0n) is 11.9. The number of furan rings is 1. The molecule has 3 rings (SSSR count). The van der Waals surface area contributed by atoms with E-state index in [0.29, 0.717) is 29.6 Å². The highest BCUT2D eigenvalue weighted by Crippen LogP contribution is 2.34. The van der Waals surface area contributed by atoms with Crippen molar-refractivity contribution in [1.82, 2.24) is 5.32 Å². The first-order valence-corrected chi connectivity index (χ1v) is 7.16. The quantitative estimate of drug-likeness (QED) is 0.910. The fraction of sp³-hybridized carbons (Fsp3) is 0.438. The molecule has 1 heterocycles. The maximum absolute atomic E-state index is 13.1. The minimum atomic E-state index is -0.833. The maximum atomic E-state index is 13.1. The summed E-state index contributed by atoms with van der Waals surface area (Å²) in [6.07, 6.45) is 2.44. The number of aliphatic hydroxyl groups is 1. The van der Waals surface area contributed by atoms with Crippen LogP contribution in [-0.4, -0.2) is 16.6 Å². The molecule has 1 amide bonds. The molecule has 2 aromatic rings. The molecule has 5 heteroatoms. The van der Waals surface area contributed by atoms with Crippen LogP contribution in [0.5, 0.6) is 0 Å². The SMILES string of the molecule is CC(NC(=O)CC1(O)CCC1)c1cc2cc(F)ccc2o1. The number of carbonyl (C=O) groups is 1. The highest BCUT2D eigenvalue weighted by Gasteiger charge is 2.36. The molecular formula is C16H18FNO3. The first kappa shape index (κ1) is 14.1. The lowest BCUT2D eigenvalue weighted by Crippen LogP contribution is -2.42. The molecule has 1 atom stereocenters. The van der Waals surface area contributed by atoms with Crippen LogP contribution in [-0.2, 0) is 4.79 Å². The van der Waals surface area contributed by atoms with Gasteiger partial charge in [0.05, 0.1) is 18.1 Å². The van der Waals surface area contributed by atoms with E-state index in [1.54, 1.807) is 19.1 Å². The summed E-state index contributed by atoms with van der Waals surface area (Å²) in [5.41, 5.74) is -0.244. The molecule has 1 fully saturated rings. The van der Waals surface area contributed by atoms with Gasteiger partial charge in [-0.2, -0.15) is 0 Å². The van der Waals surface area contributed by atoms with Crippen molar-refractivity contribution >= 4 is 16.9 Å². The first-order chi connectivity index (χ1) is 9.95. The number of carbonyl (C=O) groups excluding carboxylic acids is 1. The van der Waals surface area contributed by atoms with Gasteiger partial charge in [-0.05, 0) is 50.5 Å². The zero-order chi connectivity index (χ0) is 15.0. The molecule has 0 radical (unpaired) electrons. The molecule has 1 saturated carbocycles. The van der Waals surface area contributed by atoms with Gasteiger partial charge in [-0.1, -0.05) is 0 Å². The minimum Gasteiger partial charge on any atom is -0.459 e. The fourth-order valence-electron chi connectivity index (χ4n) is 2.67. The standard InChI is InChI=1S/C16H18FNO3/c1-10(18-15(19)9-16(20)5-2-6-16)14-8-11-7-12(17)3-4-13(11)21-14/h3-4,7-8,10,20H,2,5-6,9H2,1H3,(H,18,19). The van der Waals surface area contributed by atoms with Crippen LogP contribution in [0.15, 0.2) is 28.7 Å². The molecule has 0 aliphatic heterocycles. The Labute approximate surface area is 121 Å². The van der Waals surface area contributed by atoms with Crippen LogP contribution in [0.25, 0.3) is 11.0 Å². The summed E-state index contributed by atoms with van der Waals surface area (Å²) in [7, 11) is 0. The molecule has 1 aromatic carbocycles. The third-order valence-electron chi connectivity index (χ3n) is 4.08. The van der Waals surface area contributed by atoms with E-state index in [2.05, 4.69) is 5.32 Å². The Morgan fingerprint density at radius 2 is 2.24 bits per heavy atom. The third-order valence-corrected chi connectivity index (χ3v) is 4.08. The van der Waals surface area contributed by atoms with E-state index >= 15 is 0 Å². The van der Waals surface area contributed by atoms with Gasteiger partial charge in [0.1, 0.15) is 17.2 Å². The smallest absolute Gasteiger partial charge is 0.223 e. The number of hydrogen-bond acceptors (Lipinski definition) is 3. The lowest BCUT2D eigenvalue weighted by molar-refractivity contribution is -0.130. The number of rotatable bonds is 4. The summed E-state index contributed by atoms with van der Waals surface area (Å²) < 4.78 is 18.8. The van der Waals surface area contributed by atoms with E-state index < -0.39 is 5.60 Å². The monoisotopic (exact) mass is 291 g/mol. The number of nitrogens with one attached hydrogen (secondary N) is 1. The summed E-state index contributed by atoms with van der Waals surface area (Å²) in [4.78, 5) is 11.9. The molecule has 0 saturated heterocycles. The maximum Gasteiger partial charge on any atom is 0.223 e. The van der Waals surface area contributed by atoms with Gasteiger partial charge in [0.15, 0.2) is 0 Å². The molecule has 112 valence electrons. The lowest BCUT2D eigenvalue weighted by atomic mass is 9.78. The Bertz CT molecular complexity index is 675. The minimum absolute atomic E-state index is 0.117. The van der Waals surface area contributed by atoms with Gasteiger partial charge in [-0.25, -0.2) is 4.39 Å². The Balaban J connectivity index is 1.68. The predicted octanol–water partition coefficient (Wildman–Crippen LogP) is 3.05. The van der Waals surface area contributed by atoms with Crippen molar-refractivity contribution in [2.75, 3.05) is 0 Å². The highest BCUT2D eigenvalue weighted by atomic mass is 19.1. The van der Waals surface area contributed by atoms with Gasteiger partial charge < -0.3 is 14.8 Å². The number of benzene rings is 1. The second-order valence-corrected chi connectivity index (χ2v) is 5.87. The van der Waals surface area contributed by atoms with E-state index in [0.717, 1.165) is 6.42 Å². The molecule has 0 bridgehead atoms. The predicted molar refractivity (Wildman–Crippen MR) is 76.1 cm³/mol. The molecule has 21 heavy (non-hydrogen) atoms. The summed E-state index contributed by atoms with van der Waals surface area (Å²) >= 11 is 0. The Kier molecular flexibility index (Phi) is 3.45. The number of halogens is 1. The van der Waals surface area contributed by atoms with Crippen molar-refractivity contribution in [2.24, 2.45) is 0 Å². The van der Waals surface area contributed by atoms with Crippen molar-refractivity contribution in [3.8, 4) is 0 Å². The van der Waals surface area contributed by atoms with Crippen LogP contribution < -0.4 is 5.32 Å². The largest absolute Gasteiger partial charge is 0.459 e. The van der Waals surface area contributed by atoms with Crippen LogP contribution in [0.2, 0.25) is 0 Å². The van der Waals surface area contributed by atoms with Crippen LogP contribution in [0.1, 0.15) is 44.4 Å². The average molecular weight is 291 g/mol. The Hall–Kier alpha value is -1.88. The van der Waals surface area contributed by atoms with E-state index in [9.17, 15) is 14.3 Å². The number of amides is 1. The van der Waals surface area contributed by atoms with Gasteiger partial charge in [0.25, 0.3) is 0 Å². The summed E-state index contributed by atoms with van der Waals surface area (Å²) in [6.45, 7) is 1.80. The van der Waals surface area contributed by atoms with Gasteiger partial charge in [-0.3, -0.25) is 4.79 Å². The van der Waals surface area contributed by atoms with E-state index in [1.807, 2.05) is 0 Å². The van der Waals surface area contributed by atoms with Crippen molar-refractivity contribution in [2.45, 2.75) is 44.2 Å². The molecular weight excluding hydrogens is 273 g/mol. The van der Waals surface area contributed by atoms with Crippen LogP contribution in [0, 0.1) is 5.82 Å². The van der Waals surface area contributed by atoms with Crippen LogP contribution in [0.3, 0.4) is 0 Å². The van der Waals surface area contributed by atoms with Gasteiger partial charge >= 0.3 is 0 Å². The molecule has 4 nitrogen and oxygen atoms in total. The Morgan fingerprint density at radius 3 is 2.90 bits per heavy atom. The molecule has 1 aromatic heterocycles. The van der Waals surface area contributed by atoms with Gasteiger partial charge in [0, 0.05) is 5.39 Å². The van der Waals surface area contributed by atoms with Crippen molar-refractivity contribution in [1.29, 1.82) is 0 Å². The summed E-state index contributed by atoms with van der Waals surface area (Å²) in [6, 6.07) is 5.71. The number of fused-ring (bicyclic) bond motifs is 1. The van der Waals surface area contributed by atoms with Gasteiger partial charge in [-0.15, -0.1) is 0 Å². The van der Waals surface area contributed by atoms with Crippen molar-refractivity contribution in [3.63, 3.8) is 0 Å². The molecule has 1 aliphatic rings. The first-order valence-electron chi connectivity index (χ1n) is 7.16. The second-order valence-electron chi connectivity index (χ2n) is 5.87. The molecule has 1 unspecified atom stereocenters. The normalized spacial score (nSPS) is 18.2. The fourth-order valence-corrected chi connectivity index (χ4v) is 2.67. The van der Waals surface area contributed by atoms with Crippen molar-refractivity contribution < 1.29 is 18.7 Å². The topological polar surface area (TPSA) is 62.5 Å². The highest BCUT2D eigenvalue weighted by molar-refractivity contribution is 5.79. The lowest BCUT2D eigenvalue weighted by Gasteiger charge is -2.36. The van der Waals surface area contributed by atoms with Crippen molar-refractivity contribution in [3.05, 3.63) is 35.8 Å². The van der Waals surface area contributed by atoms with Crippen LogP contribution >= 0.6 is 0 Å². The molecule has 1 aliphatic carbocycles. The zero-order valence-corrected chi connectivity index (χ0v) is 11.9. The second kappa shape index (κ2) is 5.15. The summed E-state index contributed by atoms with van der Waals surface area (Å²) in [5, 5.41) is 13.5.